The van der Waals surface area contributed by atoms with Crippen molar-refractivity contribution in [3.8, 4) is 11.8 Å². The fraction of sp³-hybridized carbons (Fsp3) is 0.167. The van der Waals surface area contributed by atoms with Gasteiger partial charge in [0.1, 0.15) is 11.8 Å². The van der Waals surface area contributed by atoms with Crippen LogP contribution in [-0.4, -0.2) is 23.1 Å². The molecule has 2 aromatic rings. The van der Waals surface area contributed by atoms with E-state index in [1.54, 1.807) is 50.2 Å². The highest BCUT2D eigenvalue weighted by atomic mass is 16.6. The number of aryl methyl sites for hydroxylation is 1. The second-order valence-electron chi connectivity index (χ2n) is 5.39. The second-order valence-corrected chi connectivity index (χ2v) is 5.39. The quantitative estimate of drug-likeness (QED) is 0.487. The van der Waals surface area contributed by atoms with Crippen LogP contribution in [0, 0.1) is 28.4 Å². The first kappa shape index (κ1) is 18.6. The van der Waals surface area contributed by atoms with Gasteiger partial charge in [0.25, 0.3) is 11.6 Å². The molecule has 0 atom stereocenters. The molecule has 1 N–H and O–H groups in total. The molecular formula is C18H16N4O4. The maximum Gasteiger partial charge on any atom is 0.277 e. The Morgan fingerprint density at radius 3 is 2.77 bits per heavy atom. The van der Waals surface area contributed by atoms with E-state index in [-0.39, 0.29) is 12.3 Å². The average Bonchev–Trinajstić information content (AvgIpc) is 2.64. The standard InChI is InChI=1S/C18H16N4O4/c1-12-7-8-14(9-16(12)22(24)25)13(2)20-21-18(23)11-26-17-6-4-3-5-15(17)10-19/h3-9H,11H2,1-2H3,(H,21,23)/b20-13+. The molecule has 1 amide bonds. The topological polar surface area (TPSA) is 118 Å². The van der Waals surface area contributed by atoms with Crippen LogP contribution in [0.2, 0.25) is 0 Å². The fourth-order valence-electron chi connectivity index (χ4n) is 2.10. The summed E-state index contributed by atoms with van der Waals surface area (Å²) in [4.78, 5) is 22.4. The Morgan fingerprint density at radius 1 is 1.35 bits per heavy atom. The summed E-state index contributed by atoms with van der Waals surface area (Å²) in [6.45, 7) is 2.95. The van der Waals surface area contributed by atoms with Crippen LogP contribution in [0.15, 0.2) is 47.6 Å². The first-order valence-electron chi connectivity index (χ1n) is 7.63. The summed E-state index contributed by atoms with van der Waals surface area (Å²) in [6, 6.07) is 13.2. The van der Waals surface area contributed by atoms with Crippen molar-refractivity contribution in [1.82, 2.24) is 5.43 Å². The van der Waals surface area contributed by atoms with Gasteiger partial charge >= 0.3 is 0 Å². The third-order valence-corrected chi connectivity index (χ3v) is 3.54. The number of para-hydroxylation sites is 1. The Bertz CT molecular complexity index is 916. The molecule has 132 valence electrons. The molecule has 0 spiro atoms. The molecule has 0 unspecified atom stereocenters. The SMILES string of the molecule is C/C(=N\NC(=O)COc1ccccc1C#N)c1ccc(C)c([N+](=O)[O-])c1. The molecule has 0 radical (unpaired) electrons. The van der Waals surface area contributed by atoms with E-state index in [0.717, 1.165) is 0 Å². The minimum absolute atomic E-state index is 0.0141. The number of carbonyl (C=O) groups excluding carboxylic acids is 1. The molecule has 0 fully saturated rings. The zero-order valence-corrected chi connectivity index (χ0v) is 14.2. The van der Waals surface area contributed by atoms with Crippen molar-refractivity contribution in [3.05, 3.63) is 69.3 Å². The van der Waals surface area contributed by atoms with Gasteiger partial charge in [-0.1, -0.05) is 24.3 Å². The Morgan fingerprint density at radius 2 is 2.08 bits per heavy atom. The van der Waals surface area contributed by atoms with E-state index in [4.69, 9.17) is 10.00 Å². The summed E-state index contributed by atoms with van der Waals surface area (Å²) < 4.78 is 5.30. The number of nitrogens with one attached hydrogen (secondary N) is 1. The van der Waals surface area contributed by atoms with Gasteiger partial charge in [-0.3, -0.25) is 14.9 Å². The van der Waals surface area contributed by atoms with E-state index < -0.39 is 10.8 Å². The van der Waals surface area contributed by atoms with Crippen LogP contribution in [0.1, 0.15) is 23.6 Å². The molecule has 0 heterocycles. The van der Waals surface area contributed by atoms with Crippen molar-refractivity contribution in [2.24, 2.45) is 5.10 Å². The largest absolute Gasteiger partial charge is 0.482 e. The zero-order valence-electron chi connectivity index (χ0n) is 14.2. The van der Waals surface area contributed by atoms with E-state index in [2.05, 4.69) is 10.5 Å². The Labute approximate surface area is 149 Å². The lowest BCUT2D eigenvalue weighted by Gasteiger charge is -2.07. The molecule has 2 rings (SSSR count). The molecule has 8 nitrogen and oxygen atoms in total. The molecule has 8 heteroatoms. The van der Waals surface area contributed by atoms with Gasteiger partial charge in [0.15, 0.2) is 6.61 Å². The van der Waals surface area contributed by atoms with E-state index >= 15 is 0 Å². The number of rotatable bonds is 6. The molecule has 0 aromatic heterocycles. The highest BCUT2D eigenvalue weighted by Crippen LogP contribution is 2.19. The number of ether oxygens (including phenoxy) is 1. The van der Waals surface area contributed by atoms with Crippen molar-refractivity contribution in [3.63, 3.8) is 0 Å². The van der Waals surface area contributed by atoms with Gasteiger partial charge in [-0.15, -0.1) is 0 Å². The number of hydrazone groups is 1. The fourth-order valence-corrected chi connectivity index (χ4v) is 2.10. The summed E-state index contributed by atoms with van der Waals surface area (Å²) in [5.74, 6) is -0.210. The van der Waals surface area contributed by atoms with E-state index in [1.165, 1.54) is 6.07 Å². The lowest BCUT2D eigenvalue weighted by atomic mass is 10.1. The molecule has 0 aliphatic heterocycles. The van der Waals surface area contributed by atoms with Crippen LogP contribution < -0.4 is 10.2 Å². The monoisotopic (exact) mass is 352 g/mol. The molecule has 0 saturated carbocycles. The van der Waals surface area contributed by atoms with Gasteiger partial charge in [0, 0.05) is 17.2 Å². The zero-order chi connectivity index (χ0) is 19.1. The lowest BCUT2D eigenvalue weighted by molar-refractivity contribution is -0.385. The van der Waals surface area contributed by atoms with Gasteiger partial charge in [-0.2, -0.15) is 10.4 Å². The molecule has 26 heavy (non-hydrogen) atoms. The average molecular weight is 352 g/mol. The van der Waals surface area contributed by atoms with Crippen LogP contribution in [0.5, 0.6) is 5.75 Å². The number of carbonyl (C=O) groups is 1. The van der Waals surface area contributed by atoms with Gasteiger partial charge in [-0.25, -0.2) is 5.43 Å². The number of nitro benzene ring substituents is 1. The van der Waals surface area contributed by atoms with Crippen LogP contribution in [0.3, 0.4) is 0 Å². The van der Waals surface area contributed by atoms with Crippen LogP contribution >= 0.6 is 0 Å². The number of amides is 1. The van der Waals surface area contributed by atoms with Crippen molar-refractivity contribution >= 4 is 17.3 Å². The third kappa shape index (κ3) is 4.64. The Kier molecular flexibility index (Phi) is 6.01. The number of nitro groups is 1. The maximum absolute atomic E-state index is 11.8. The van der Waals surface area contributed by atoms with E-state index in [0.29, 0.717) is 28.2 Å². The lowest BCUT2D eigenvalue weighted by Crippen LogP contribution is -2.25. The van der Waals surface area contributed by atoms with Crippen molar-refractivity contribution in [2.45, 2.75) is 13.8 Å². The van der Waals surface area contributed by atoms with Gasteiger partial charge < -0.3 is 4.74 Å². The summed E-state index contributed by atoms with van der Waals surface area (Å²) in [5.41, 5.74) is 4.12. The maximum atomic E-state index is 11.8. The van der Waals surface area contributed by atoms with Crippen LogP contribution in [0.4, 0.5) is 5.69 Å². The van der Waals surface area contributed by atoms with E-state index in [1.807, 2.05) is 6.07 Å². The first-order chi connectivity index (χ1) is 12.4. The number of nitrogens with zero attached hydrogens (tertiary/aromatic N) is 3. The van der Waals surface area contributed by atoms with Crippen molar-refractivity contribution in [1.29, 1.82) is 5.26 Å². The summed E-state index contributed by atoms with van der Waals surface area (Å²) in [7, 11) is 0. The van der Waals surface area contributed by atoms with Crippen LogP contribution in [-0.2, 0) is 4.79 Å². The Balaban J connectivity index is 2.00. The molecule has 0 aliphatic carbocycles. The number of hydrogen-bond acceptors (Lipinski definition) is 6. The minimum atomic E-state index is -0.515. The highest BCUT2D eigenvalue weighted by Gasteiger charge is 2.12. The number of hydrogen-bond donors (Lipinski definition) is 1. The van der Waals surface area contributed by atoms with Gasteiger partial charge in [0.05, 0.1) is 16.2 Å². The van der Waals surface area contributed by atoms with Gasteiger partial charge in [0.2, 0.25) is 0 Å². The first-order valence-corrected chi connectivity index (χ1v) is 7.63. The third-order valence-electron chi connectivity index (χ3n) is 3.54. The summed E-state index contributed by atoms with van der Waals surface area (Å²) >= 11 is 0. The molecular weight excluding hydrogens is 336 g/mol. The predicted molar refractivity (Wildman–Crippen MR) is 94.8 cm³/mol. The predicted octanol–water partition coefficient (Wildman–Crippen LogP) is 2.69. The normalized spacial score (nSPS) is 10.7. The second kappa shape index (κ2) is 8.39. The molecule has 0 aliphatic rings. The van der Waals surface area contributed by atoms with Crippen LogP contribution in [0.25, 0.3) is 0 Å². The van der Waals surface area contributed by atoms with E-state index in [9.17, 15) is 14.9 Å². The number of nitriles is 1. The Hall–Kier alpha value is -3.73. The highest BCUT2D eigenvalue weighted by molar-refractivity contribution is 5.99. The van der Waals surface area contributed by atoms with Crippen molar-refractivity contribution < 1.29 is 14.5 Å². The summed E-state index contributed by atoms with van der Waals surface area (Å²) in [6.07, 6.45) is 0. The minimum Gasteiger partial charge on any atom is -0.482 e. The van der Waals surface area contributed by atoms with Gasteiger partial charge in [-0.05, 0) is 26.0 Å². The summed E-state index contributed by atoms with van der Waals surface area (Å²) in [5, 5.41) is 23.9. The molecule has 0 bridgehead atoms. The number of benzene rings is 2. The molecule has 0 saturated heterocycles. The smallest absolute Gasteiger partial charge is 0.277 e. The van der Waals surface area contributed by atoms with Crippen molar-refractivity contribution in [2.75, 3.05) is 6.61 Å². The molecule has 2 aromatic carbocycles.